The highest BCUT2D eigenvalue weighted by Crippen LogP contribution is 2.06. The van der Waals surface area contributed by atoms with E-state index in [9.17, 15) is 14.4 Å². The third kappa shape index (κ3) is 3.78. The average molecular weight is 232 g/mol. The number of nitrogens with one attached hydrogen (secondary N) is 1. The minimum atomic E-state index is -0.881. The van der Waals surface area contributed by atoms with Crippen molar-refractivity contribution in [2.45, 2.75) is 6.42 Å². The van der Waals surface area contributed by atoms with Crippen LogP contribution in [0.4, 0.5) is 4.79 Å². The Morgan fingerprint density at radius 1 is 1.53 bits per heavy atom. The van der Waals surface area contributed by atoms with Crippen molar-refractivity contribution < 1.29 is 19.5 Å². The number of urea groups is 1. The summed E-state index contributed by atoms with van der Waals surface area (Å²) in [7, 11) is 0. The summed E-state index contributed by atoms with van der Waals surface area (Å²) < 4.78 is 0. The van der Waals surface area contributed by atoms with Gasteiger partial charge in [-0.3, -0.25) is 14.5 Å². The van der Waals surface area contributed by atoms with E-state index < -0.39 is 5.97 Å². The van der Waals surface area contributed by atoms with E-state index in [4.69, 9.17) is 5.11 Å². The minimum Gasteiger partial charge on any atom is -0.481 e. The number of carbonyl (C=O) groups excluding carboxylic acids is 2. The van der Waals surface area contributed by atoms with Crippen LogP contribution < -0.4 is 5.32 Å². The maximum absolute atomic E-state index is 11.4. The molecule has 0 unspecified atom stereocenters. The largest absolute Gasteiger partial charge is 0.481 e. The fourth-order valence-electron chi connectivity index (χ4n) is 1.11. The quantitative estimate of drug-likeness (QED) is 0.638. The molecule has 0 aliphatic carbocycles. The lowest BCUT2D eigenvalue weighted by molar-refractivity contribution is -0.136. The molecule has 1 saturated heterocycles. The summed E-state index contributed by atoms with van der Waals surface area (Å²) in [5.74, 6) is -0.605. The van der Waals surface area contributed by atoms with Crippen LogP contribution in [0.1, 0.15) is 6.42 Å². The number of aliphatic carboxylic acids is 1. The molecule has 0 aromatic heterocycles. The topological polar surface area (TPSA) is 86.7 Å². The molecule has 0 bridgehead atoms. The Morgan fingerprint density at radius 2 is 2.27 bits per heavy atom. The zero-order valence-electron chi connectivity index (χ0n) is 8.06. The SMILES string of the molecule is O=C(O)CCSCC(=O)N1CCNC1=O. The number of carbonyl (C=O) groups is 3. The van der Waals surface area contributed by atoms with Crippen LogP contribution in [0.15, 0.2) is 0 Å². The molecule has 1 rings (SSSR count). The third-order valence-corrected chi connectivity index (χ3v) is 2.79. The van der Waals surface area contributed by atoms with Gasteiger partial charge in [0.15, 0.2) is 0 Å². The first-order valence-electron chi connectivity index (χ1n) is 4.49. The molecule has 6 nitrogen and oxygen atoms in total. The fourth-order valence-corrected chi connectivity index (χ4v) is 1.90. The third-order valence-electron chi connectivity index (χ3n) is 1.84. The first-order valence-corrected chi connectivity index (χ1v) is 5.64. The molecule has 0 radical (unpaired) electrons. The summed E-state index contributed by atoms with van der Waals surface area (Å²) in [4.78, 5) is 33.8. The van der Waals surface area contributed by atoms with Crippen molar-refractivity contribution in [3.63, 3.8) is 0 Å². The van der Waals surface area contributed by atoms with Crippen LogP contribution in [0.5, 0.6) is 0 Å². The van der Waals surface area contributed by atoms with Crippen LogP contribution in [-0.2, 0) is 9.59 Å². The number of carboxylic acids is 1. The van der Waals surface area contributed by atoms with Crippen LogP contribution in [0.3, 0.4) is 0 Å². The molecule has 0 saturated carbocycles. The van der Waals surface area contributed by atoms with Gasteiger partial charge in [-0.1, -0.05) is 0 Å². The van der Waals surface area contributed by atoms with Crippen molar-refractivity contribution in [2.75, 3.05) is 24.6 Å². The number of hydrogen-bond acceptors (Lipinski definition) is 4. The van der Waals surface area contributed by atoms with Gasteiger partial charge in [-0.2, -0.15) is 11.8 Å². The van der Waals surface area contributed by atoms with Gasteiger partial charge in [0.25, 0.3) is 0 Å². The van der Waals surface area contributed by atoms with Crippen molar-refractivity contribution in [3.05, 3.63) is 0 Å². The predicted octanol–water partition coefficient (Wildman–Crippen LogP) is -0.254. The smallest absolute Gasteiger partial charge is 0.324 e. The van der Waals surface area contributed by atoms with Gasteiger partial charge in [-0.25, -0.2) is 4.79 Å². The Labute approximate surface area is 91.0 Å². The van der Waals surface area contributed by atoms with E-state index in [1.165, 1.54) is 11.8 Å². The zero-order valence-corrected chi connectivity index (χ0v) is 8.88. The van der Waals surface area contributed by atoms with Crippen LogP contribution in [0, 0.1) is 0 Å². The van der Waals surface area contributed by atoms with Gasteiger partial charge < -0.3 is 10.4 Å². The van der Waals surface area contributed by atoms with Gasteiger partial charge in [0.1, 0.15) is 0 Å². The van der Waals surface area contributed by atoms with E-state index in [0.717, 1.165) is 4.90 Å². The van der Waals surface area contributed by atoms with Gasteiger partial charge in [-0.05, 0) is 0 Å². The summed E-state index contributed by atoms with van der Waals surface area (Å²) in [6.45, 7) is 0.890. The molecular weight excluding hydrogens is 220 g/mol. The molecule has 15 heavy (non-hydrogen) atoms. The van der Waals surface area contributed by atoms with Crippen molar-refractivity contribution in [1.29, 1.82) is 0 Å². The number of nitrogens with zero attached hydrogens (tertiary/aromatic N) is 1. The summed E-state index contributed by atoms with van der Waals surface area (Å²) in [5.41, 5.74) is 0. The van der Waals surface area contributed by atoms with Crippen molar-refractivity contribution in [3.8, 4) is 0 Å². The molecule has 1 aliphatic rings. The summed E-state index contributed by atoms with van der Waals surface area (Å²) >= 11 is 1.23. The molecular formula is C8H12N2O4S. The number of imide groups is 1. The van der Waals surface area contributed by atoms with Crippen LogP contribution >= 0.6 is 11.8 Å². The van der Waals surface area contributed by atoms with Gasteiger partial charge in [0.2, 0.25) is 5.91 Å². The molecule has 84 valence electrons. The highest BCUT2D eigenvalue weighted by molar-refractivity contribution is 7.99. The molecule has 2 N–H and O–H groups in total. The molecule has 0 aromatic rings. The normalized spacial score (nSPS) is 15.2. The molecule has 0 atom stereocenters. The summed E-state index contributed by atoms with van der Waals surface area (Å²) in [5, 5.41) is 10.9. The van der Waals surface area contributed by atoms with E-state index >= 15 is 0 Å². The Kier molecular flexibility index (Phi) is 4.41. The average Bonchev–Trinajstić information content (AvgIpc) is 2.58. The van der Waals surface area contributed by atoms with Gasteiger partial charge >= 0.3 is 12.0 Å². The first-order chi connectivity index (χ1) is 7.11. The highest BCUT2D eigenvalue weighted by Gasteiger charge is 2.25. The predicted molar refractivity (Wildman–Crippen MR) is 54.7 cm³/mol. The van der Waals surface area contributed by atoms with E-state index in [1.807, 2.05) is 0 Å². The highest BCUT2D eigenvalue weighted by atomic mass is 32.2. The second-order valence-corrected chi connectivity index (χ2v) is 4.08. The maximum Gasteiger partial charge on any atom is 0.324 e. The van der Waals surface area contributed by atoms with Crippen molar-refractivity contribution in [1.82, 2.24) is 10.2 Å². The zero-order chi connectivity index (χ0) is 11.3. The standard InChI is InChI=1S/C8H12N2O4S/c11-6(5-15-4-1-7(12)13)10-3-2-9-8(10)14/h1-5H2,(H,9,14)(H,12,13). The van der Waals surface area contributed by atoms with Crippen LogP contribution in [0.25, 0.3) is 0 Å². The van der Waals surface area contributed by atoms with E-state index in [1.54, 1.807) is 0 Å². The molecule has 0 spiro atoms. The molecule has 0 aromatic carbocycles. The molecule has 1 fully saturated rings. The second kappa shape index (κ2) is 5.59. The van der Waals surface area contributed by atoms with Crippen LogP contribution in [-0.4, -0.2) is 52.5 Å². The van der Waals surface area contributed by atoms with Gasteiger partial charge in [-0.15, -0.1) is 0 Å². The van der Waals surface area contributed by atoms with E-state index in [-0.39, 0.29) is 24.1 Å². The minimum absolute atomic E-state index is 0.0319. The molecule has 1 heterocycles. The summed E-state index contributed by atoms with van der Waals surface area (Å²) in [6, 6.07) is -0.362. The number of hydrogen-bond donors (Lipinski definition) is 2. The number of carboxylic acid groups (broad SMARTS) is 1. The van der Waals surface area contributed by atoms with Crippen LogP contribution in [0.2, 0.25) is 0 Å². The van der Waals surface area contributed by atoms with E-state index in [0.29, 0.717) is 18.8 Å². The Balaban J connectivity index is 2.18. The fraction of sp³-hybridized carbons (Fsp3) is 0.625. The summed E-state index contributed by atoms with van der Waals surface area (Å²) in [6.07, 6.45) is 0.0319. The maximum atomic E-state index is 11.4. The number of thioether (sulfide) groups is 1. The van der Waals surface area contributed by atoms with Crippen molar-refractivity contribution in [2.24, 2.45) is 0 Å². The second-order valence-electron chi connectivity index (χ2n) is 2.97. The Hall–Kier alpha value is -1.24. The van der Waals surface area contributed by atoms with Gasteiger partial charge in [0, 0.05) is 18.8 Å². The molecule has 7 heteroatoms. The lowest BCUT2D eigenvalue weighted by Gasteiger charge is -2.10. The lowest BCUT2D eigenvalue weighted by atomic mass is 10.5. The first kappa shape index (κ1) is 11.8. The van der Waals surface area contributed by atoms with Crippen molar-refractivity contribution >= 4 is 29.7 Å². The Morgan fingerprint density at radius 3 is 2.80 bits per heavy atom. The van der Waals surface area contributed by atoms with E-state index in [2.05, 4.69) is 5.32 Å². The monoisotopic (exact) mass is 232 g/mol. The number of rotatable bonds is 5. The lowest BCUT2D eigenvalue weighted by Crippen LogP contribution is -2.35. The number of amides is 3. The molecule has 3 amide bonds. The molecule has 1 aliphatic heterocycles. The van der Waals surface area contributed by atoms with Gasteiger partial charge in [0.05, 0.1) is 12.2 Å². The Bertz CT molecular complexity index is 282.